The number of hydrogen-bond donors (Lipinski definition) is 1. The number of anilines is 1. The molecule has 0 fully saturated rings. The zero-order chi connectivity index (χ0) is 16.9. The van der Waals surface area contributed by atoms with Crippen molar-refractivity contribution in [1.29, 1.82) is 0 Å². The van der Waals surface area contributed by atoms with Gasteiger partial charge in [0, 0.05) is 22.2 Å². The normalized spacial score (nSPS) is 10.4. The van der Waals surface area contributed by atoms with Crippen molar-refractivity contribution in [2.75, 3.05) is 11.9 Å². The van der Waals surface area contributed by atoms with E-state index in [1.807, 2.05) is 24.4 Å². The Morgan fingerprint density at radius 2 is 2.08 bits per heavy atom. The first-order valence-corrected chi connectivity index (χ1v) is 8.53. The molecule has 2 aromatic heterocycles. The van der Waals surface area contributed by atoms with Crippen LogP contribution in [-0.2, 0) is 0 Å². The third kappa shape index (κ3) is 3.72. The van der Waals surface area contributed by atoms with E-state index in [4.69, 9.17) is 16.3 Å². The van der Waals surface area contributed by atoms with Gasteiger partial charge in [0.25, 0.3) is 5.91 Å². The van der Waals surface area contributed by atoms with Crippen LogP contribution in [0.2, 0.25) is 5.02 Å². The number of pyridine rings is 1. The summed E-state index contributed by atoms with van der Waals surface area (Å²) < 4.78 is 5.38. The molecule has 0 unspecified atom stereocenters. The Hall–Kier alpha value is -2.44. The van der Waals surface area contributed by atoms with Crippen molar-refractivity contribution in [2.45, 2.75) is 6.92 Å². The SMILES string of the molecule is CCOc1ncccc1C(=O)Nc1nc(-c2ccc(Cl)cc2)cs1. The molecule has 0 saturated heterocycles. The zero-order valence-electron chi connectivity index (χ0n) is 12.8. The summed E-state index contributed by atoms with van der Waals surface area (Å²) in [5.74, 6) is 0.00976. The Labute approximate surface area is 148 Å². The van der Waals surface area contributed by atoms with Crippen LogP contribution in [0.3, 0.4) is 0 Å². The van der Waals surface area contributed by atoms with Gasteiger partial charge in [0.1, 0.15) is 5.56 Å². The minimum absolute atomic E-state index is 0.302. The molecule has 0 saturated carbocycles. The van der Waals surface area contributed by atoms with Crippen molar-refractivity contribution in [3.8, 4) is 17.1 Å². The number of ether oxygens (including phenoxy) is 1. The van der Waals surface area contributed by atoms with Gasteiger partial charge < -0.3 is 4.74 Å². The molecule has 24 heavy (non-hydrogen) atoms. The van der Waals surface area contributed by atoms with Crippen molar-refractivity contribution < 1.29 is 9.53 Å². The molecule has 1 N–H and O–H groups in total. The summed E-state index contributed by atoms with van der Waals surface area (Å²) in [6.07, 6.45) is 1.59. The summed E-state index contributed by atoms with van der Waals surface area (Å²) in [4.78, 5) is 20.9. The van der Waals surface area contributed by atoms with Gasteiger partial charge in [-0.25, -0.2) is 9.97 Å². The lowest BCUT2D eigenvalue weighted by Gasteiger charge is -2.07. The molecule has 1 amide bonds. The van der Waals surface area contributed by atoms with Gasteiger partial charge in [0.2, 0.25) is 5.88 Å². The maximum absolute atomic E-state index is 12.4. The Morgan fingerprint density at radius 3 is 2.83 bits per heavy atom. The summed E-state index contributed by atoms with van der Waals surface area (Å²) >= 11 is 7.24. The molecule has 122 valence electrons. The smallest absolute Gasteiger partial charge is 0.262 e. The van der Waals surface area contributed by atoms with Gasteiger partial charge in [-0.05, 0) is 31.2 Å². The number of rotatable bonds is 5. The van der Waals surface area contributed by atoms with E-state index in [2.05, 4.69) is 15.3 Å². The molecule has 0 spiro atoms. The number of carbonyl (C=O) groups excluding carboxylic acids is 1. The van der Waals surface area contributed by atoms with Crippen molar-refractivity contribution >= 4 is 34.0 Å². The second kappa shape index (κ2) is 7.42. The lowest BCUT2D eigenvalue weighted by Crippen LogP contribution is -2.14. The quantitative estimate of drug-likeness (QED) is 0.728. The van der Waals surface area contributed by atoms with Crippen LogP contribution in [0, 0.1) is 0 Å². The summed E-state index contributed by atoms with van der Waals surface area (Å²) in [5.41, 5.74) is 2.10. The largest absolute Gasteiger partial charge is 0.477 e. The number of benzene rings is 1. The molecule has 2 heterocycles. The van der Waals surface area contributed by atoms with Crippen LogP contribution in [-0.4, -0.2) is 22.5 Å². The summed E-state index contributed by atoms with van der Waals surface area (Å²) in [7, 11) is 0. The van der Waals surface area contributed by atoms with Gasteiger partial charge in [-0.1, -0.05) is 23.7 Å². The number of thiazole rings is 1. The Bertz CT molecular complexity index is 849. The van der Waals surface area contributed by atoms with Crippen LogP contribution in [0.4, 0.5) is 5.13 Å². The molecule has 1 aromatic carbocycles. The summed E-state index contributed by atoms with van der Waals surface area (Å²) in [5, 5.41) is 5.84. The number of carbonyl (C=O) groups is 1. The fraction of sp³-hybridized carbons (Fsp3) is 0.118. The number of aromatic nitrogens is 2. The summed E-state index contributed by atoms with van der Waals surface area (Å²) in [6.45, 7) is 2.28. The molecule has 0 radical (unpaired) electrons. The minimum Gasteiger partial charge on any atom is -0.477 e. The van der Waals surface area contributed by atoms with E-state index < -0.39 is 0 Å². The lowest BCUT2D eigenvalue weighted by molar-refractivity contribution is 0.102. The second-order valence-electron chi connectivity index (χ2n) is 4.79. The van der Waals surface area contributed by atoms with Crippen LogP contribution in [0.25, 0.3) is 11.3 Å². The lowest BCUT2D eigenvalue weighted by atomic mass is 10.2. The van der Waals surface area contributed by atoms with Crippen molar-refractivity contribution in [2.24, 2.45) is 0 Å². The Morgan fingerprint density at radius 1 is 1.29 bits per heavy atom. The molecule has 3 rings (SSSR count). The maximum Gasteiger partial charge on any atom is 0.262 e. The molecular weight excluding hydrogens is 346 g/mol. The van der Waals surface area contributed by atoms with Gasteiger partial charge in [0.15, 0.2) is 5.13 Å². The highest BCUT2D eigenvalue weighted by Gasteiger charge is 2.15. The van der Waals surface area contributed by atoms with Gasteiger partial charge in [-0.15, -0.1) is 11.3 Å². The molecule has 0 bridgehead atoms. The van der Waals surface area contributed by atoms with Gasteiger partial charge in [0.05, 0.1) is 12.3 Å². The van der Waals surface area contributed by atoms with E-state index >= 15 is 0 Å². The molecule has 7 heteroatoms. The van der Waals surface area contributed by atoms with Crippen molar-refractivity contribution in [1.82, 2.24) is 9.97 Å². The van der Waals surface area contributed by atoms with Gasteiger partial charge in [-0.2, -0.15) is 0 Å². The molecule has 0 atom stereocenters. The fourth-order valence-electron chi connectivity index (χ4n) is 2.06. The van der Waals surface area contributed by atoms with E-state index in [0.717, 1.165) is 11.3 Å². The monoisotopic (exact) mass is 359 g/mol. The van der Waals surface area contributed by atoms with E-state index in [1.165, 1.54) is 11.3 Å². The van der Waals surface area contributed by atoms with Gasteiger partial charge in [-0.3, -0.25) is 10.1 Å². The maximum atomic E-state index is 12.4. The molecule has 0 aliphatic carbocycles. The first-order valence-electron chi connectivity index (χ1n) is 7.28. The van der Waals surface area contributed by atoms with E-state index in [-0.39, 0.29) is 5.91 Å². The van der Waals surface area contributed by atoms with Crippen LogP contribution in [0.5, 0.6) is 5.88 Å². The number of halogens is 1. The zero-order valence-corrected chi connectivity index (χ0v) is 14.4. The van der Waals surface area contributed by atoms with Crippen molar-refractivity contribution in [3.63, 3.8) is 0 Å². The van der Waals surface area contributed by atoms with E-state index in [1.54, 1.807) is 30.5 Å². The minimum atomic E-state index is -0.302. The molecule has 3 aromatic rings. The molecule has 0 aliphatic heterocycles. The molecular formula is C17H14ClN3O2S. The third-order valence-corrected chi connectivity index (χ3v) is 4.17. The first kappa shape index (κ1) is 16.4. The van der Waals surface area contributed by atoms with Crippen molar-refractivity contribution in [3.05, 3.63) is 58.6 Å². The average Bonchev–Trinajstić information content (AvgIpc) is 3.05. The van der Waals surface area contributed by atoms with Crippen LogP contribution in [0.15, 0.2) is 48.0 Å². The van der Waals surface area contributed by atoms with Gasteiger partial charge >= 0.3 is 0 Å². The van der Waals surface area contributed by atoms with Crippen LogP contribution < -0.4 is 10.1 Å². The molecule has 5 nitrogen and oxygen atoms in total. The standard InChI is InChI=1S/C17H14ClN3O2S/c1-2-23-16-13(4-3-9-19-16)15(22)21-17-20-14(10-24-17)11-5-7-12(18)8-6-11/h3-10H,2H2,1H3,(H,20,21,22). The van der Waals surface area contributed by atoms with E-state index in [9.17, 15) is 4.79 Å². The van der Waals surface area contributed by atoms with E-state index in [0.29, 0.717) is 28.2 Å². The number of hydrogen-bond acceptors (Lipinski definition) is 5. The first-order chi connectivity index (χ1) is 11.7. The Kier molecular flexibility index (Phi) is 5.08. The number of nitrogens with zero attached hydrogens (tertiary/aromatic N) is 2. The van der Waals surface area contributed by atoms with Crippen LogP contribution >= 0.6 is 22.9 Å². The topological polar surface area (TPSA) is 64.1 Å². The fourth-order valence-corrected chi connectivity index (χ4v) is 2.90. The highest BCUT2D eigenvalue weighted by atomic mass is 35.5. The third-order valence-electron chi connectivity index (χ3n) is 3.16. The average molecular weight is 360 g/mol. The number of nitrogens with one attached hydrogen (secondary N) is 1. The number of amides is 1. The molecule has 0 aliphatic rings. The second-order valence-corrected chi connectivity index (χ2v) is 6.08. The predicted octanol–water partition coefficient (Wildman–Crippen LogP) is 4.51. The highest BCUT2D eigenvalue weighted by molar-refractivity contribution is 7.14. The Balaban J connectivity index is 1.77. The predicted molar refractivity (Wildman–Crippen MR) is 95.9 cm³/mol. The highest BCUT2D eigenvalue weighted by Crippen LogP contribution is 2.26. The van der Waals surface area contributed by atoms with Crippen LogP contribution in [0.1, 0.15) is 17.3 Å². The summed E-state index contributed by atoms with van der Waals surface area (Å²) in [6, 6.07) is 10.7.